The van der Waals surface area contributed by atoms with E-state index < -0.39 is 12.0 Å². The Hall–Kier alpha value is -4.13. The quantitative estimate of drug-likeness (QED) is 0.481. The van der Waals surface area contributed by atoms with E-state index in [1.807, 2.05) is 86.6 Å². The summed E-state index contributed by atoms with van der Waals surface area (Å²) in [7, 11) is 1.34. The second kappa shape index (κ2) is 9.79. The van der Waals surface area contributed by atoms with Crippen molar-refractivity contribution in [3.63, 3.8) is 0 Å². The van der Waals surface area contributed by atoms with Gasteiger partial charge in [-0.1, -0.05) is 49.4 Å². The summed E-state index contributed by atoms with van der Waals surface area (Å²) >= 11 is 0. The molecule has 174 valence electrons. The highest BCUT2D eigenvalue weighted by Gasteiger charge is 2.41. The molecule has 3 amide bonds. The number of anilines is 2. The Bertz CT molecular complexity index is 1210. The molecule has 0 spiro atoms. The molecule has 0 radical (unpaired) electrons. The highest BCUT2D eigenvalue weighted by atomic mass is 16.5. The van der Waals surface area contributed by atoms with Crippen LogP contribution in [0, 0.1) is 0 Å². The fourth-order valence-corrected chi connectivity index (χ4v) is 4.34. The number of nitrogens with zero attached hydrogens (tertiary/aromatic N) is 1. The third-order valence-corrected chi connectivity index (χ3v) is 6.09. The number of ether oxygens (including phenoxy) is 1. The Morgan fingerprint density at radius 2 is 1.56 bits per heavy atom. The van der Waals surface area contributed by atoms with Gasteiger partial charge in [0.15, 0.2) is 0 Å². The van der Waals surface area contributed by atoms with Crippen LogP contribution in [0.15, 0.2) is 72.8 Å². The fraction of sp³-hybridized carbons (Fsp3) is 0.222. The molecular formula is C27H27N3O4. The number of rotatable bonds is 6. The van der Waals surface area contributed by atoms with Gasteiger partial charge in [-0.3, -0.25) is 4.79 Å². The third kappa shape index (κ3) is 4.50. The van der Waals surface area contributed by atoms with Gasteiger partial charge in [0, 0.05) is 16.9 Å². The minimum Gasteiger partial charge on any atom is -0.467 e. The van der Waals surface area contributed by atoms with Gasteiger partial charge in [0.25, 0.3) is 5.91 Å². The van der Waals surface area contributed by atoms with Crippen molar-refractivity contribution in [2.75, 3.05) is 17.7 Å². The van der Waals surface area contributed by atoms with Gasteiger partial charge in [-0.15, -0.1) is 0 Å². The zero-order valence-electron chi connectivity index (χ0n) is 19.4. The Balaban J connectivity index is 1.50. The van der Waals surface area contributed by atoms with E-state index in [9.17, 15) is 14.4 Å². The van der Waals surface area contributed by atoms with Gasteiger partial charge in [-0.05, 0) is 60.4 Å². The van der Waals surface area contributed by atoms with Crippen LogP contribution in [0.2, 0.25) is 0 Å². The van der Waals surface area contributed by atoms with Crippen molar-refractivity contribution in [2.45, 2.75) is 32.4 Å². The van der Waals surface area contributed by atoms with Gasteiger partial charge in [0.1, 0.15) is 6.04 Å². The van der Waals surface area contributed by atoms with E-state index in [0.29, 0.717) is 23.4 Å². The van der Waals surface area contributed by atoms with Crippen LogP contribution in [-0.4, -0.2) is 36.0 Å². The average molecular weight is 458 g/mol. The summed E-state index contributed by atoms with van der Waals surface area (Å²) in [5.41, 5.74) is 4.64. The Labute approximate surface area is 198 Å². The van der Waals surface area contributed by atoms with Gasteiger partial charge < -0.3 is 20.3 Å². The molecule has 4 rings (SSSR count). The fourth-order valence-electron chi connectivity index (χ4n) is 4.34. The predicted octanol–water partition coefficient (Wildman–Crippen LogP) is 5.47. The van der Waals surface area contributed by atoms with Gasteiger partial charge in [0.2, 0.25) is 0 Å². The largest absolute Gasteiger partial charge is 0.467 e. The summed E-state index contributed by atoms with van der Waals surface area (Å²) in [4.78, 5) is 39.2. The molecule has 3 aromatic rings. The maximum Gasteiger partial charge on any atom is 0.328 e. The minimum absolute atomic E-state index is 0.169. The van der Waals surface area contributed by atoms with E-state index in [1.165, 1.54) is 7.11 Å². The van der Waals surface area contributed by atoms with Crippen molar-refractivity contribution in [3.8, 4) is 11.1 Å². The monoisotopic (exact) mass is 457 g/mol. The molecule has 34 heavy (non-hydrogen) atoms. The SMILES string of the molecule is CCC(C(=O)OC)N1C(=O)c2cc(-c3ccc(NC(=O)Nc4ccccc4)cc3)ccc2C1C. The number of para-hydroxylation sites is 1. The van der Waals surface area contributed by atoms with Crippen molar-refractivity contribution in [1.82, 2.24) is 4.90 Å². The van der Waals surface area contributed by atoms with Crippen LogP contribution >= 0.6 is 0 Å². The summed E-state index contributed by atoms with van der Waals surface area (Å²) in [5, 5.41) is 5.59. The molecule has 2 N–H and O–H groups in total. The Kier molecular flexibility index (Phi) is 6.63. The molecule has 2 unspecified atom stereocenters. The van der Waals surface area contributed by atoms with Crippen LogP contribution in [0.5, 0.6) is 0 Å². The molecule has 0 aromatic heterocycles. The zero-order chi connectivity index (χ0) is 24.2. The number of carbonyl (C=O) groups is 3. The number of fused-ring (bicyclic) bond motifs is 1. The zero-order valence-corrected chi connectivity index (χ0v) is 19.4. The van der Waals surface area contributed by atoms with Crippen molar-refractivity contribution in [1.29, 1.82) is 0 Å². The second-order valence-electron chi connectivity index (χ2n) is 8.16. The molecule has 7 heteroatoms. The molecule has 0 fully saturated rings. The van der Waals surface area contributed by atoms with Crippen LogP contribution < -0.4 is 10.6 Å². The molecule has 1 heterocycles. The number of methoxy groups -OCH3 is 1. The lowest BCUT2D eigenvalue weighted by atomic mass is 9.98. The van der Waals surface area contributed by atoms with E-state index in [2.05, 4.69) is 10.6 Å². The maximum absolute atomic E-state index is 13.2. The molecular weight excluding hydrogens is 430 g/mol. The maximum atomic E-state index is 13.2. The minimum atomic E-state index is -0.615. The first kappa shape index (κ1) is 23.0. The highest BCUT2D eigenvalue weighted by molar-refractivity contribution is 6.02. The van der Waals surface area contributed by atoms with Crippen molar-refractivity contribution >= 4 is 29.3 Å². The first-order chi connectivity index (χ1) is 16.4. The molecule has 0 saturated carbocycles. The normalized spacial score (nSPS) is 15.4. The van der Waals surface area contributed by atoms with E-state index in [1.54, 1.807) is 4.90 Å². The van der Waals surface area contributed by atoms with E-state index in [0.717, 1.165) is 16.7 Å². The number of hydrogen-bond donors (Lipinski definition) is 2. The van der Waals surface area contributed by atoms with Crippen LogP contribution in [0.25, 0.3) is 11.1 Å². The standard InChI is InChI=1S/C27H27N3O4/c1-4-24(26(32)34-3)30-17(2)22-15-12-19(16-23(22)25(30)31)18-10-13-21(14-11-18)29-27(33)28-20-8-6-5-7-9-20/h5-17,24H,4H2,1-3H3,(H2,28,29,33). The van der Waals surface area contributed by atoms with Gasteiger partial charge in [-0.25, -0.2) is 9.59 Å². The van der Waals surface area contributed by atoms with Crippen molar-refractivity contribution in [3.05, 3.63) is 83.9 Å². The summed E-state index contributed by atoms with van der Waals surface area (Å²) in [6.45, 7) is 3.79. The Morgan fingerprint density at radius 1 is 0.941 bits per heavy atom. The summed E-state index contributed by atoms with van der Waals surface area (Å²) < 4.78 is 4.91. The Morgan fingerprint density at radius 3 is 2.18 bits per heavy atom. The van der Waals surface area contributed by atoms with Crippen LogP contribution in [0.1, 0.15) is 42.2 Å². The first-order valence-electron chi connectivity index (χ1n) is 11.2. The van der Waals surface area contributed by atoms with E-state index >= 15 is 0 Å². The van der Waals surface area contributed by atoms with Crippen LogP contribution in [0.4, 0.5) is 16.2 Å². The average Bonchev–Trinajstić information content (AvgIpc) is 3.10. The van der Waals surface area contributed by atoms with E-state index in [4.69, 9.17) is 4.74 Å². The lowest BCUT2D eigenvalue weighted by molar-refractivity contribution is -0.146. The predicted molar refractivity (Wildman–Crippen MR) is 132 cm³/mol. The lowest BCUT2D eigenvalue weighted by Gasteiger charge is -2.29. The topological polar surface area (TPSA) is 87.7 Å². The third-order valence-electron chi connectivity index (χ3n) is 6.09. The van der Waals surface area contributed by atoms with Crippen LogP contribution in [0.3, 0.4) is 0 Å². The molecule has 0 bridgehead atoms. The number of esters is 1. The number of hydrogen-bond acceptors (Lipinski definition) is 4. The number of nitrogens with one attached hydrogen (secondary N) is 2. The molecule has 0 saturated heterocycles. The molecule has 3 aromatic carbocycles. The number of benzene rings is 3. The number of amides is 3. The smallest absolute Gasteiger partial charge is 0.328 e. The van der Waals surface area contributed by atoms with Crippen molar-refractivity contribution in [2.24, 2.45) is 0 Å². The first-order valence-corrected chi connectivity index (χ1v) is 11.2. The van der Waals surface area contributed by atoms with Gasteiger partial charge >= 0.3 is 12.0 Å². The molecule has 2 atom stereocenters. The summed E-state index contributed by atoms with van der Waals surface area (Å²) in [6, 6.07) is 21.2. The summed E-state index contributed by atoms with van der Waals surface area (Å²) in [5.74, 6) is -0.576. The molecule has 1 aliphatic heterocycles. The second-order valence-corrected chi connectivity index (χ2v) is 8.16. The van der Waals surface area contributed by atoms with Gasteiger partial charge in [0.05, 0.1) is 13.2 Å². The lowest BCUT2D eigenvalue weighted by Crippen LogP contribution is -2.43. The molecule has 7 nitrogen and oxygen atoms in total. The van der Waals surface area contributed by atoms with Crippen molar-refractivity contribution < 1.29 is 19.1 Å². The number of carbonyl (C=O) groups excluding carboxylic acids is 3. The molecule has 0 aliphatic carbocycles. The molecule has 1 aliphatic rings. The number of urea groups is 1. The van der Waals surface area contributed by atoms with E-state index in [-0.39, 0.29) is 18.0 Å². The summed E-state index contributed by atoms with van der Waals surface area (Å²) in [6.07, 6.45) is 0.482. The van der Waals surface area contributed by atoms with Crippen LogP contribution in [-0.2, 0) is 9.53 Å². The van der Waals surface area contributed by atoms with Gasteiger partial charge in [-0.2, -0.15) is 0 Å². The highest BCUT2D eigenvalue weighted by Crippen LogP contribution is 2.38.